The summed E-state index contributed by atoms with van der Waals surface area (Å²) >= 11 is 0. The van der Waals surface area contributed by atoms with Crippen LogP contribution >= 0.6 is 0 Å². The number of carboxylic acids is 1. The molecule has 0 unspecified atom stereocenters. The number of carbonyl (C=O) groups is 2. The van der Waals surface area contributed by atoms with Crippen molar-refractivity contribution >= 4 is 34.2 Å². The highest BCUT2D eigenvalue weighted by Gasteiger charge is 2.32. The third-order valence-electron chi connectivity index (χ3n) is 6.41. The van der Waals surface area contributed by atoms with E-state index in [1.165, 1.54) is 16.8 Å². The van der Waals surface area contributed by atoms with Crippen LogP contribution in [-0.2, 0) is 9.59 Å². The molecule has 0 bridgehead atoms. The highest BCUT2D eigenvalue weighted by Crippen LogP contribution is 2.32. The molecule has 1 aliphatic rings. The van der Waals surface area contributed by atoms with Crippen molar-refractivity contribution in [1.29, 1.82) is 0 Å². The first-order valence-corrected chi connectivity index (χ1v) is 11.5. The number of benzene rings is 2. The number of nitrogens with one attached hydrogen (secondary N) is 2. The van der Waals surface area contributed by atoms with Crippen LogP contribution in [0.4, 0.5) is 11.4 Å². The van der Waals surface area contributed by atoms with Crippen LogP contribution in [0.5, 0.6) is 0 Å². The smallest absolute Gasteiger partial charge is 0.325 e. The monoisotopic (exact) mass is 448 g/mol. The molecule has 2 aromatic carbocycles. The number of aromatic nitrogens is 1. The number of aromatic amines is 1. The zero-order chi connectivity index (χ0) is 23.7. The Labute approximate surface area is 194 Å². The van der Waals surface area contributed by atoms with Gasteiger partial charge in [-0.15, -0.1) is 0 Å². The molecule has 0 spiro atoms. The van der Waals surface area contributed by atoms with Gasteiger partial charge < -0.3 is 20.3 Å². The molecule has 1 saturated heterocycles. The van der Waals surface area contributed by atoms with Crippen molar-refractivity contribution in [1.82, 2.24) is 9.88 Å². The molecule has 2 heterocycles. The van der Waals surface area contributed by atoms with Gasteiger partial charge in [-0.05, 0) is 43.7 Å². The Morgan fingerprint density at radius 3 is 2.39 bits per heavy atom. The third kappa shape index (κ3) is 4.73. The lowest BCUT2D eigenvalue weighted by molar-refractivity contribution is -0.143. The minimum Gasteiger partial charge on any atom is -0.480 e. The second kappa shape index (κ2) is 9.27. The van der Waals surface area contributed by atoms with Crippen LogP contribution in [0.15, 0.2) is 42.6 Å². The Morgan fingerprint density at radius 1 is 1.03 bits per heavy atom. The molecular formula is C26H32N4O3. The normalized spacial score (nSPS) is 15.7. The van der Waals surface area contributed by atoms with E-state index in [9.17, 15) is 14.7 Å². The minimum absolute atomic E-state index is 0.0660. The highest BCUT2D eigenvalue weighted by molar-refractivity contribution is 5.96. The summed E-state index contributed by atoms with van der Waals surface area (Å²) in [4.78, 5) is 32.1. The van der Waals surface area contributed by atoms with Gasteiger partial charge in [-0.25, -0.2) is 0 Å². The summed E-state index contributed by atoms with van der Waals surface area (Å²) in [5, 5.41) is 13.9. The Morgan fingerprint density at radius 2 is 1.76 bits per heavy atom. The van der Waals surface area contributed by atoms with Crippen molar-refractivity contribution in [2.75, 3.05) is 36.4 Å². The van der Waals surface area contributed by atoms with Gasteiger partial charge in [0.1, 0.15) is 6.04 Å². The number of nitrogens with zero attached hydrogens (tertiary/aromatic N) is 2. The summed E-state index contributed by atoms with van der Waals surface area (Å²) in [5.41, 5.74) is 5.94. The largest absolute Gasteiger partial charge is 0.480 e. The summed E-state index contributed by atoms with van der Waals surface area (Å²) in [6.07, 6.45) is 1.79. The van der Waals surface area contributed by atoms with E-state index in [1.54, 1.807) is 6.20 Å². The lowest BCUT2D eigenvalue weighted by Crippen LogP contribution is -2.49. The van der Waals surface area contributed by atoms with Crippen LogP contribution in [-0.4, -0.2) is 53.0 Å². The van der Waals surface area contributed by atoms with Gasteiger partial charge in [0.2, 0.25) is 5.91 Å². The van der Waals surface area contributed by atoms with Gasteiger partial charge in [-0.3, -0.25) is 14.5 Å². The highest BCUT2D eigenvalue weighted by atomic mass is 16.4. The quantitative estimate of drug-likeness (QED) is 0.522. The van der Waals surface area contributed by atoms with E-state index in [1.807, 2.05) is 36.9 Å². The number of hydrogen-bond donors (Lipinski definition) is 3. The SMILES string of the molecule is Cc1ccc(N2CCN([C@H](C(=O)O)c3c[nH]c4ccc(NC(=O)C(C)C)cc34)CC2)c(C)c1. The predicted octanol–water partition coefficient (Wildman–Crippen LogP) is 4.33. The topological polar surface area (TPSA) is 88.7 Å². The molecule has 7 heteroatoms. The van der Waals surface area contributed by atoms with Gasteiger partial charge in [-0.1, -0.05) is 31.5 Å². The molecule has 1 aliphatic heterocycles. The Bertz CT molecular complexity index is 1180. The third-order valence-corrected chi connectivity index (χ3v) is 6.41. The Balaban J connectivity index is 1.56. The van der Waals surface area contributed by atoms with E-state index in [4.69, 9.17) is 0 Å². The maximum atomic E-state index is 12.4. The van der Waals surface area contributed by atoms with E-state index in [0.717, 1.165) is 29.6 Å². The zero-order valence-corrected chi connectivity index (χ0v) is 19.7. The molecule has 3 N–H and O–H groups in total. The second-order valence-electron chi connectivity index (χ2n) is 9.20. The van der Waals surface area contributed by atoms with Crippen molar-refractivity contribution in [2.24, 2.45) is 5.92 Å². The maximum Gasteiger partial charge on any atom is 0.325 e. The van der Waals surface area contributed by atoms with Gasteiger partial charge in [0.25, 0.3) is 0 Å². The lowest BCUT2D eigenvalue weighted by Gasteiger charge is -2.39. The Kier molecular flexibility index (Phi) is 6.42. The number of aryl methyl sites for hydroxylation is 2. The molecular weight excluding hydrogens is 416 g/mol. The molecule has 1 aromatic heterocycles. The average Bonchev–Trinajstić information content (AvgIpc) is 3.17. The number of H-pyrrole nitrogens is 1. The number of aliphatic carboxylic acids is 1. The predicted molar refractivity (Wildman–Crippen MR) is 132 cm³/mol. The molecule has 3 aromatic rings. The molecule has 1 fully saturated rings. The van der Waals surface area contributed by atoms with Crippen molar-refractivity contribution in [3.63, 3.8) is 0 Å². The molecule has 4 rings (SSSR count). The fourth-order valence-corrected chi connectivity index (χ4v) is 4.60. The molecule has 1 atom stereocenters. The first-order chi connectivity index (χ1) is 15.7. The number of amides is 1. The summed E-state index contributed by atoms with van der Waals surface area (Å²) in [6, 6.07) is 11.3. The molecule has 0 radical (unpaired) electrons. The van der Waals surface area contributed by atoms with Crippen LogP contribution in [0.25, 0.3) is 10.9 Å². The van der Waals surface area contributed by atoms with Gasteiger partial charge in [0, 0.05) is 66.1 Å². The number of hydrogen-bond acceptors (Lipinski definition) is 4. The van der Waals surface area contributed by atoms with Crippen LogP contribution < -0.4 is 10.2 Å². The first kappa shape index (κ1) is 22.9. The van der Waals surface area contributed by atoms with E-state index < -0.39 is 12.0 Å². The number of rotatable bonds is 6. The fourth-order valence-electron chi connectivity index (χ4n) is 4.60. The van der Waals surface area contributed by atoms with Crippen LogP contribution in [0.2, 0.25) is 0 Å². The minimum atomic E-state index is -0.868. The molecule has 0 saturated carbocycles. The van der Waals surface area contributed by atoms with E-state index >= 15 is 0 Å². The van der Waals surface area contributed by atoms with Crippen molar-refractivity contribution in [2.45, 2.75) is 33.7 Å². The number of anilines is 2. The van der Waals surface area contributed by atoms with Crippen molar-refractivity contribution in [3.8, 4) is 0 Å². The summed E-state index contributed by atoms with van der Waals surface area (Å²) in [6.45, 7) is 10.7. The van der Waals surface area contributed by atoms with Gasteiger partial charge in [0.05, 0.1) is 0 Å². The van der Waals surface area contributed by atoms with Gasteiger partial charge in [-0.2, -0.15) is 0 Å². The maximum absolute atomic E-state index is 12.4. The zero-order valence-electron chi connectivity index (χ0n) is 19.7. The van der Waals surface area contributed by atoms with Crippen LogP contribution in [0.3, 0.4) is 0 Å². The lowest BCUT2D eigenvalue weighted by atomic mass is 10.0. The number of fused-ring (bicyclic) bond motifs is 1. The number of carbonyl (C=O) groups excluding carboxylic acids is 1. The summed E-state index contributed by atoms with van der Waals surface area (Å²) < 4.78 is 0. The van der Waals surface area contributed by atoms with Gasteiger partial charge in [0.15, 0.2) is 0 Å². The molecule has 0 aliphatic carbocycles. The summed E-state index contributed by atoms with van der Waals surface area (Å²) in [5.74, 6) is -1.07. The fraction of sp³-hybridized carbons (Fsp3) is 0.385. The second-order valence-corrected chi connectivity index (χ2v) is 9.20. The van der Waals surface area contributed by atoms with Gasteiger partial charge >= 0.3 is 5.97 Å². The van der Waals surface area contributed by atoms with E-state index in [0.29, 0.717) is 18.8 Å². The summed E-state index contributed by atoms with van der Waals surface area (Å²) in [7, 11) is 0. The number of piperazine rings is 1. The molecule has 174 valence electrons. The molecule has 1 amide bonds. The van der Waals surface area contributed by atoms with E-state index in [2.05, 4.69) is 47.2 Å². The Hall–Kier alpha value is -3.32. The standard InChI is InChI=1S/C26H32N4O3/c1-16(2)25(31)28-19-6-7-22-20(14-19)21(15-27-22)24(26(32)33)30-11-9-29(10-12-30)23-8-5-17(3)13-18(23)4/h5-8,13-16,24,27H,9-12H2,1-4H3,(H,28,31)(H,32,33)/t24-/m0/s1. The average molecular weight is 449 g/mol. The van der Waals surface area contributed by atoms with Crippen LogP contribution in [0.1, 0.15) is 36.6 Å². The van der Waals surface area contributed by atoms with E-state index in [-0.39, 0.29) is 11.8 Å². The van der Waals surface area contributed by atoms with Crippen LogP contribution in [0, 0.1) is 19.8 Å². The number of carboxylic acid groups (broad SMARTS) is 1. The first-order valence-electron chi connectivity index (χ1n) is 11.5. The molecule has 33 heavy (non-hydrogen) atoms. The van der Waals surface area contributed by atoms with Crippen molar-refractivity contribution in [3.05, 3.63) is 59.3 Å². The van der Waals surface area contributed by atoms with Crippen molar-refractivity contribution < 1.29 is 14.7 Å². The molecule has 7 nitrogen and oxygen atoms in total.